The Labute approximate surface area is 178 Å². The minimum absolute atomic E-state index is 0.154. The summed E-state index contributed by atoms with van der Waals surface area (Å²) in [5, 5.41) is 14.1. The van der Waals surface area contributed by atoms with E-state index in [9.17, 15) is 10.1 Å². The molecule has 0 radical (unpaired) electrons. The van der Waals surface area contributed by atoms with Crippen LogP contribution in [0.3, 0.4) is 0 Å². The van der Waals surface area contributed by atoms with E-state index in [2.05, 4.69) is 9.97 Å². The van der Waals surface area contributed by atoms with Crippen LogP contribution in [0.1, 0.15) is 6.92 Å². The second-order valence-electron chi connectivity index (χ2n) is 6.60. The van der Waals surface area contributed by atoms with Gasteiger partial charge in [0.2, 0.25) is 5.82 Å². The number of hydrogen-bond donors (Lipinski definition) is 0. The molecule has 8 heteroatoms. The number of rotatable bonds is 7. The lowest BCUT2D eigenvalue weighted by Crippen LogP contribution is -2.19. The molecule has 0 amide bonds. The van der Waals surface area contributed by atoms with E-state index in [1.807, 2.05) is 49.4 Å². The molecule has 0 unspecified atom stereocenters. The second kappa shape index (κ2) is 8.66. The highest BCUT2D eigenvalue weighted by atomic mass is 16.6. The molecule has 4 aromatic rings. The molecular formula is C23H20N4O4. The zero-order chi connectivity index (χ0) is 21.8. The Balaban J connectivity index is 1.86. The lowest BCUT2D eigenvalue weighted by Gasteiger charge is -2.23. The topological polar surface area (TPSA) is 90.6 Å². The van der Waals surface area contributed by atoms with Gasteiger partial charge in [-0.1, -0.05) is 48.5 Å². The summed E-state index contributed by atoms with van der Waals surface area (Å²) in [6.07, 6.45) is 1.26. The Bertz CT molecular complexity index is 1240. The Kier molecular flexibility index (Phi) is 5.61. The lowest BCUT2D eigenvalue weighted by atomic mass is 10.1. The number of fused-ring (bicyclic) bond motifs is 1. The number of ether oxygens (including phenoxy) is 2. The zero-order valence-electron chi connectivity index (χ0n) is 17.1. The minimum atomic E-state index is -0.520. The van der Waals surface area contributed by atoms with Gasteiger partial charge < -0.3 is 14.4 Å². The van der Waals surface area contributed by atoms with Gasteiger partial charge in [0.05, 0.1) is 17.7 Å². The minimum Gasteiger partial charge on any atom is -0.493 e. The van der Waals surface area contributed by atoms with Crippen LogP contribution in [0.15, 0.2) is 73.1 Å². The Hall–Kier alpha value is -4.20. The van der Waals surface area contributed by atoms with Crippen molar-refractivity contribution < 1.29 is 14.4 Å². The standard InChI is InChI=1S/C23H20N4O4/c1-3-26(18-12-8-10-16-9-4-5-11-17(16)18)22-21(27(28)29)23(25-15-24-22)31-20-14-7-6-13-19(20)30-2/h4-15H,3H2,1-2H3. The first-order valence-corrected chi connectivity index (χ1v) is 9.69. The summed E-state index contributed by atoms with van der Waals surface area (Å²) in [7, 11) is 1.50. The van der Waals surface area contributed by atoms with Crippen LogP contribution in [-0.2, 0) is 0 Å². The SMILES string of the molecule is CCN(c1ncnc(Oc2ccccc2OC)c1[N+](=O)[O-])c1cccc2ccccc12. The summed E-state index contributed by atoms with van der Waals surface area (Å²) >= 11 is 0. The van der Waals surface area contributed by atoms with Crippen LogP contribution in [0, 0.1) is 10.1 Å². The molecule has 0 N–H and O–H groups in total. The molecule has 0 spiro atoms. The smallest absolute Gasteiger partial charge is 0.373 e. The Morgan fingerprint density at radius 2 is 1.68 bits per heavy atom. The van der Waals surface area contributed by atoms with Gasteiger partial charge in [0, 0.05) is 11.9 Å². The molecule has 0 aliphatic heterocycles. The molecule has 3 aromatic carbocycles. The van der Waals surface area contributed by atoms with Gasteiger partial charge in [-0.3, -0.25) is 10.1 Å². The Morgan fingerprint density at radius 1 is 0.968 bits per heavy atom. The van der Waals surface area contributed by atoms with Gasteiger partial charge in [-0.25, -0.2) is 4.98 Å². The summed E-state index contributed by atoms with van der Waals surface area (Å²) in [6, 6.07) is 20.6. The Morgan fingerprint density at radius 3 is 2.42 bits per heavy atom. The summed E-state index contributed by atoms with van der Waals surface area (Å²) in [5.41, 5.74) is 0.494. The number of anilines is 2. The number of benzene rings is 3. The third-order valence-electron chi connectivity index (χ3n) is 4.86. The molecule has 0 saturated heterocycles. The van der Waals surface area contributed by atoms with Crippen LogP contribution in [0.25, 0.3) is 10.8 Å². The summed E-state index contributed by atoms with van der Waals surface area (Å²) in [4.78, 5) is 21.7. The lowest BCUT2D eigenvalue weighted by molar-refractivity contribution is -0.385. The fraction of sp³-hybridized carbons (Fsp3) is 0.130. The number of para-hydroxylation sites is 2. The highest BCUT2D eigenvalue weighted by Gasteiger charge is 2.30. The van der Waals surface area contributed by atoms with E-state index < -0.39 is 4.92 Å². The highest BCUT2D eigenvalue weighted by molar-refractivity contribution is 5.96. The summed E-state index contributed by atoms with van der Waals surface area (Å²) in [5.74, 6) is 0.770. The third kappa shape index (κ3) is 3.83. The molecule has 1 aromatic heterocycles. The highest BCUT2D eigenvalue weighted by Crippen LogP contribution is 2.41. The van der Waals surface area contributed by atoms with Crippen molar-refractivity contribution in [2.45, 2.75) is 6.92 Å². The van der Waals surface area contributed by atoms with Crippen molar-refractivity contribution in [3.63, 3.8) is 0 Å². The van der Waals surface area contributed by atoms with Gasteiger partial charge in [-0.2, -0.15) is 4.98 Å². The first kappa shape index (κ1) is 20.1. The van der Waals surface area contributed by atoms with Crippen molar-refractivity contribution in [3.8, 4) is 17.4 Å². The molecular weight excluding hydrogens is 396 g/mol. The van der Waals surface area contributed by atoms with Gasteiger partial charge in [-0.15, -0.1) is 0 Å². The predicted octanol–water partition coefficient (Wildman–Crippen LogP) is 5.50. The molecule has 0 bridgehead atoms. The van der Waals surface area contributed by atoms with Crippen LogP contribution >= 0.6 is 0 Å². The monoisotopic (exact) mass is 416 g/mol. The fourth-order valence-electron chi connectivity index (χ4n) is 3.47. The maximum absolute atomic E-state index is 12.1. The van der Waals surface area contributed by atoms with Gasteiger partial charge in [0.1, 0.15) is 6.33 Å². The van der Waals surface area contributed by atoms with Crippen LogP contribution in [0.2, 0.25) is 0 Å². The van der Waals surface area contributed by atoms with Gasteiger partial charge in [-0.05, 0) is 30.5 Å². The summed E-state index contributed by atoms with van der Waals surface area (Å²) < 4.78 is 11.1. The molecule has 156 valence electrons. The number of methoxy groups -OCH3 is 1. The van der Waals surface area contributed by atoms with Crippen LogP contribution in [0.4, 0.5) is 17.2 Å². The van der Waals surface area contributed by atoms with Crippen LogP contribution in [-0.4, -0.2) is 28.5 Å². The van der Waals surface area contributed by atoms with Crippen molar-refractivity contribution >= 4 is 28.0 Å². The predicted molar refractivity (Wildman–Crippen MR) is 118 cm³/mol. The molecule has 4 rings (SSSR count). The van der Waals surface area contributed by atoms with Crippen molar-refractivity contribution in [2.75, 3.05) is 18.6 Å². The van der Waals surface area contributed by atoms with Crippen LogP contribution in [0.5, 0.6) is 17.4 Å². The summed E-state index contributed by atoms with van der Waals surface area (Å²) in [6.45, 7) is 2.37. The second-order valence-corrected chi connectivity index (χ2v) is 6.60. The number of nitro groups is 1. The van der Waals surface area contributed by atoms with E-state index in [0.29, 0.717) is 18.0 Å². The van der Waals surface area contributed by atoms with Crippen molar-refractivity contribution in [1.29, 1.82) is 0 Å². The maximum Gasteiger partial charge on any atom is 0.373 e. The zero-order valence-corrected chi connectivity index (χ0v) is 17.1. The first-order valence-electron chi connectivity index (χ1n) is 9.69. The number of aromatic nitrogens is 2. The first-order chi connectivity index (χ1) is 15.1. The average Bonchev–Trinajstić information content (AvgIpc) is 2.80. The van der Waals surface area contributed by atoms with Gasteiger partial charge in [0.25, 0.3) is 0 Å². The molecule has 0 aliphatic rings. The van der Waals surface area contributed by atoms with Crippen molar-refractivity contribution in [1.82, 2.24) is 9.97 Å². The number of hydrogen-bond acceptors (Lipinski definition) is 7. The van der Waals surface area contributed by atoms with Gasteiger partial charge in [0.15, 0.2) is 11.5 Å². The van der Waals surface area contributed by atoms with E-state index >= 15 is 0 Å². The number of nitrogens with zero attached hydrogens (tertiary/aromatic N) is 4. The van der Waals surface area contributed by atoms with E-state index in [1.165, 1.54) is 13.4 Å². The molecule has 0 atom stereocenters. The van der Waals surface area contributed by atoms with E-state index in [-0.39, 0.29) is 17.4 Å². The molecule has 0 aliphatic carbocycles. The van der Waals surface area contributed by atoms with E-state index in [4.69, 9.17) is 9.47 Å². The third-order valence-corrected chi connectivity index (χ3v) is 4.86. The normalized spacial score (nSPS) is 10.6. The van der Waals surface area contributed by atoms with E-state index in [1.54, 1.807) is 29.2 Å². The van der Waals surface area contributed by atoms with Crippen LogP contribution < -0.4 is 14.4 Å². The molecule has 0 fully saturated rings. The molecule has 1 heterocycles. The van der Waals surface area contributed by atoms with Crippen molar-refractivity contribution in [2.24, 2.45) is 0 Å². The molecule has 0 saturated carbocycles. The van der Waals surface area contributed by atoms with E-state index in [0.717, 1.165) is 16.5 Å². The fourth-order valence-corrected chi connectivity index (χ4v) is 3.47. The maximum atomic E-state index is 12.1. The quantitative estimate of drug-likeness (QED) is 0.290. The van der Waals surface area contributed by atoms with Crippen molar-refractivity contribution in [3.05, 3.63) is 83.2 Å². The largest absolute Gasteiger partial charge is 0.493 e. The molecule has 8 nitrogen and oxygen atoms in total. The van der Waals surface area contributed by atoms with Gasteiger partial charge >= 0.3 is 11.6 Å². The average molecular weight is 416 g/mol. The molecule has 31 heavy (non-hydrogen) atoms.